The van der Waals surface area contributed by atoms with Gasteiger partial charge in [0.15, 0.2) is 0 Å². The second kappa shape index (κ2) is 9.76. The second-order valence-electron chi connectivity index (χ2n) is 8.27. The molecule has 1 unspecified atom stereocenters. The van der Waals surface area contributed by atoms with Crippen LogP contribution >= 0.6 is 0 Å². The number of nitrogens with one attached hydrogen (secondary N) is 2. The van der Waals surface area contributed by atoms with Gasteiger partial charge in [-0.05, 0) is 30.9 Å². The molecule has 3 heterocycles. The van der Waals surface area contributed by atoms with Crippen LogP contribution in [0.5, 0.6) is 0 Å². The number of fused-ring (bicyclic) bond motifs is 1. The smallest absolute Gasteiger partial charge is 0.329 e. The van der Waals surface area contributed by atoms with Crippen LogP contribution in [0.15, 0.2) is 23.0 Å². The Hall–Kier alpha value is -2.49. The van der Waals surface area contributed by atoms with Gasteiger partial charge in [-0.25, -0.2) is 4.79 Å². The Morgan fingerprint density at radius 1 is 1.13 bits per heavy atom. The first-order chi connectivity index (χ1) is 15.1. The van der Waals surface area contributed by atoms with Crippen molar-refractivity contribution < 1.29 is 14.3 Å². The highest BCUT2D eigenvalue weighted by Crippen LogP contribution is 2.25. The van der Waals surface area contributed by atoms with Crippen molar-refractivity contribution in [2.75, 3.05) is 45.9 Å². The monoisotopic (exact) mass is 429 g/mol. The number of amides is 2. The Morgan fingerprint density at radius 3 is 2.71 bits per heavy atom. The molecule has 0 aliphatic carbocycles. The summed E-state index contributed by atoms with van der Waals surface area (Å²) in [6.07, 6.45) is 2.23. The van der Waals surface area contributed by atoms with Crippen molar-refractivity contribution in [2.45, 2.75) is 31.7 Å². The standard InChI is InChI=1S/C22H31N5O4/c1-25-20-16(5-3-14-31-15-13-26-11-9-23-10-12-26)4-2-6-17(20)27(22(25)30)18-7-8-19(28)24-21(18)29/h2,4,6,18,23H,3,5,7-15H2,1H3,(H,24,28,29). The number of imide groups is 1. The van der Waals surface area contributed by atoms with E-state index in [0.29, 0.717) is 13.0 Å². The number of nitrogens with zero attached hydrogens (tertiary/aromatic N) is 3. The van der Waals surface area contributed by atoms with Crippen LogP contribution in [0.2, 0.25) is 0 Å². The van der Waals surface area contributed by atoms with Crippen LogP contribution in [0.25, 0.3) is 11.0 Å². The number of hydrogen-bond acceptors (Lipinski definition) is 6. The minimum atomic E-state index is -0.655. The predicted molar refractivity (Wildman–Crippen MR) is 117 cm³/mol. The number of rotatable bonds is 8. The molecule has 2 amide bonds. The number of carbonyl (C=O) groups excluding carboxylic acids is 2. The summed E-state index contributed by atoms with van der Waals surface area (Å²) in [6.45, 7) is 6.59. The number of imidazole rings is 1. The molecule has 2 saturated heterocycles. The first-order valence-corrected chi connectivity index (χ1v) is 11.1. The van der Waals surface area contributed by atoms with Gasteiger partial charge in [0.25, 0.3) is 0 Å². The molecule has 0 radical (unpaired) electrons. The van der Waals surface area contributed by atoms with Crippen molar-refractivity contribution in [3.05, 3.63) is 34.2 Å². The molecule has 0 bridgehead atoms. The van der Waals surface area contributed by atoms with Gasteiger partial charge in [0.2, 0.25) is 11.8 Å². The van der Waals surface area contributed by atoms with Crippen molar-refractivity contribution in [2.24, 2.45) is 7.05 Å². The van der Waals surface area contributed by atoms with Gasteiger partial charge >= 0.3 is 5.69 Å². The van der Waals surface area contributed by atoms with Crippen LogP contribution in [0.3, 0.4) is 0 Å². The number of aryl methyl sites for hydroxylation is 2. The predicted octanol–water partition coefficient (Wildman–Crippen LogP) is 0.172. The molecular weight excluding hydrogens is 398 g/mol. The van der Waals surface area contributed by atoms with Crippen LogP contribution in [-0.4, -0.2) is 71.8 Å². The molecule has 2 aliphatic rings. The van der Waals surface area contributed by atoms with E-state index < -0.39 is 11.9 Å². The van der Waals surface area contributed by atoms with Gasteiger partial charge in [-0.1, -0.05) is 12.1 Å². The van der Waals surface area contributed by atoms with E-state index >= 15 is 0 Å². The molecule has 1 aromatic heterocycles. The van der Waals surface area contributed by atoms with E-state index in [9.17, 15) is 14.4 Å². The minimum Gasteiger partial charge on any atom is -0.380 e. The molecule has 9 heteroatoms. The van der Waals surface area contributed by atoms with Gasteiger partial charge in [-0.2, -0.15) is 0 Å². The molecule has 2 aliphatic heterocycles. The van der Waals surface area contributed by atoms with Gasteiger partial charge in [0.1, 0.15) is 6.04 Å². The lowest BCUT2D eigenvalue weighted by Crippen LogP contribution is -2.44. The third-order valence-corrected chi connectivity index (χ3v) is 6.20. The highest BCUT2D eigenvalue weighted by molar-refractivity contribution is 6.00. The summed E-state index contributed by atoms with van der Waals surface area (Å²) >= 11 is 0. The topological polar surface area (TPSA) is 97.6 Å². The van der Waals surface area contributed by atoms with E-state index in [0.717, 1.165) is 68.8 Å². The minimum absolute atomic E-state index is 0.232. The maximum atomic E-state index is 13.0. The molecule has 4 rings (SSSR count). The summed E-state index contributed by atoms with van der Waals surface area (Å²) in [5, 5.41) is 5.70. The van der Waals surface area contributed by atoms with Crippen molar-refractivity contribution in [3.8, 4) is 0 Å². The number of ether oxygens (including phenoxy) is 1. The molecule has 2 fully saturated rings. The molecule has 2 aromatic rings. The van der Waals surface area contributed by atoms with Crippen LogP contribution in [-0.2, 0) is 27.8 Å². The molecule has 1 atom stereocenters. The fourth-order valence-electron chi connectivity index (χ4n) is 4.55. The van der Waals surface area contributed by atoms with Gasteiger partial charge in [-0.3, -0.25) is 28.9 Å². The number of piperidine rings is 1. The fourth-order valence-corrected chi connectivity index (χ4v) is 4.55. The number of hydrogen-bond donors (Lipinski definition) is 2. The molecule has 31 heavy (non-hydrogen) atoms. The average Bonchev–Trinajstić information content (AvgIpc) is 3.02. The first-order valence-electron chi connectivity index (χ1n) is 11.1. The average molecular weight is 430 g/mol. The highest BCUT2D eigenvalue weighted by Gasteiger charge is 2.31. The van der Waals surface area contributed by atoms with E-state index in [1.807, 2.05) is 18.2 Å². The lowest BCUT2D eigenvalue weighted by atomic mass is 10.0. The maximum absolute atomic E-state index is 13.0. The molecular formula is C22H31N5O4. The quantitative estimate of drug-likeness (QED) is 0.459. The molecule has 1 aromatic carbocycles. The van der Waals surface area contributed by atoms with Gasteiger partial charge in [0.05, 0.1) is 17.6 Å². The van der Waals surface area contributed by atoms with Crippen molar-refractivity contribution in [1.82, 2.24) is 24.7 Å². The number of carbonyl (C=O) groups is 2. The molecule has 168 valence electrons. The van der Waals surface area contributed by atoms with E-state index in [4.69, 9.17) is 4.74 Å². The van der Waals surface area contributed by atoms with Crippen LogP contribution in [0.4, 0.5) is 0 Å². The zero-order valence-corrected chi connectivity index (χ0v) is 18.1. The fraction of sp³-hybridized carbons (Fsp3) is 0.591. The van der Waals surface area contributed by atoms with Crippen molar-refractivity contribution in [1.29, 1.82) is 0 Å². The first kappa shape index (κ1) is 21.7. The lowest BCUT2D eigenvalue weighted by Gasteiger charge is -2.26. The van der Waals surface area contributed by atoms with Crippen LogP contribution in [0, 0.1) is 0 Å². The SMILES string of the molecule is Cn1c(=O)n(C2CCC(=O)NC2=O)c2cccc(CCCOCCN3CCNCC3)c21. The lowest BCUT2D eigenvalue weighted by molar-refractivity contribution is -0.135. The summed E-state index contributed by atoms with van der Waals surface area (Å²) in [5.41, 5.74) is 2.41. The second-order valence-corrected chi connectivity index (χ2v) is 8.27. The Bertz CT molecular complexity index is 1010. The van der Waals surface area contributed by atoms with E-state index in [-0.39, 0.29) is 18.0 Å². The van der Waals surface area contributed by atoms with Crippen molar-refractivity contribution >= 4 is 22.8 Å². The summed E-state index contributed by atoms with van der Waals surface area (Å²) in [6, 6.07) is 5.16. The van der Waals surface area contributed by atoms with E-state index in [1.165, 1.54) is 4.57 Å². The largest absolute Gasteiger partial charge is 0.380 e. The summed E-state index contributed by atoms with van der Waals surface area (Å²) in [5.74, 6) is -0.693. The number of benzene rings is 1. The Balaban J connectivity index is 1.40. The number of aromatic nitrogens is 2. The number of piperazine rings is 1. The number of para-hydroxylation sites is 1. The maximum Gasteiger partial charge on any atom is 0.329 e. The molecule has 9 nitrogen and oxygen atoms in total. The zero-order chi connectivity index (χ0) is 21.8. The van der Waals surface area contributed by atoms with Gasteiger partial charge < -0.3 is 10.1 Å². The third-order valence-electron chi connectivity index (χ3n) is 6.20. The summed E-state index contributed by atoms with van der Waals surface area (Å²) in [4.78, 5) is 39.2. The molecule has 0 spiro atoms. The Kier molecular flexibility index (Phi) is 6.84. The van der Waals surface area contributed by atoms with Crippen LogP contribution in [0.1, 0.15) is 30.9 Å². The van der Waals surface area contributed by atoms with E-state index in [1.54, 1.807) is 11.6 Å². The highest BCUT2D eigenvalue weighted by atomic mass is 16.5. The van der Waals surface area contributed by atoms with Gasteiger partial charge in [0, 0.05) is 52.8 Å². The molecule has 0 saturated carbocycles. The van der Waals surface area contributed by atoms with E-state index in [2.05, 4.69) is 15.5 Å². The summed E-state index contributed by atoms with van der Waals surface area (Å²) in [7, 11) is 1.74. The zero-order valence-electron chi connectivity index (χ0n) is 18.1. The Labute approximate surface area is 181 Å². The van der Waals surface area contributed by atoms with Gasteiger partial charge in [-0.15, -0.1) is 0 Å². The summed E-state index contributed by atoms with van der Waals surface area (Å²) < 4.78 is 8.97. The molecule has 2 N–H and O–H groups in total. The normalized spacial score (nSPS) is 20.4. The Morgan fingerprint density at radius 2 is 1.94 bits per heavy atom. The third kappa shape index (κ3) is 4.73. The van der Waals surface area contributed by atoms with Crippen molar-refractivity contribution in [3.63, 3.8) is 0 Å². The van der Waals surface area contributed by atoms with Crippen LogP contribution < -0.4 is 16.3 Å².